The number of aromatic nitrogens is 3. The monoisotopic (exact) mass is 236 g/mol. The van der Waals surface area contributed by atoms with Crippen LogP contribution in [0, 0.1) is 5.41 Å². The van der Waals surface area contributed by atoms with Gasteiger partial charge in [-0.25, -0.2) is 0 Å². The molecular formula is C11H20N6. The van der Waals surface area contributed by atoms with Gasteiger partial charge in [-0.2, -0.15) is 15.0 Å². The van der Waals surface area contributed by atoms with Crippen LogP contribution in [0.3, 0.4) is 0 Å². The molecule has 0 amide bonds. The van der Waals surface area contributed by atoms with E-state index >= 15 is 0 Å². The third-order valence-electron chi connectivity index (χ3n) is 3.27. The molecule has 6 heteroatoms. The molecule has 6 nitrogen and oxygen atoms in total. The van der Waals surface area contributed by atoms with Crippen LogP contribution in [0.15, 0.2) is 0 Å². The minimum absolute atomic E-state index is 0.255. The molecule has 1 aliphatic rings. The van der Waals surface area contributed by atoms with Gasteiger partial charge in [0.15, 0.2) is 0 Å². The molecule has 1 fully saturated rings. The molecule has 1 aliphatic carbocycles. The predicted octanol–water partition coefficient (Wildman–Crippen LogP) is 1.12. The molecule has 0 saturated heterocycles. The Morgan fingerprint density at radius 3 is 2.53 bits per heavy atom. The summed E-state index contributed by atoms with van der Waals surface area (Å²) in [5.41, 5.74) is 6.04. The lowest BCUT2D eigenvalue weighted by Gasteiger charge is -2.38. The van der Waals surface area contributed by atoms with Crippen molar-refractivity contribution in [3.05, 3.63) is 0 Å². The Kier molecular flexibility index (Phi) is 3.04. The Bertz CT molecular complexity index is 399. The van der Waals surface area contributed by atoms with Gasteiger partial charge in [-0.3, -0.25) is 0 Å². The van der Waals surface area contributed by atoms with Gasteiger partial charge < -0.3 is 16.0 Å². The summed E-state index contributed by atoms with van der Waals surface area (Å²) in [6, 6.07) is 0. The minimum atomic E-state index is 0.255. The van der Waals surface area contributed by atoms with Crippen molar-refractivity contribution in [3.8, 4) is 0 Å². The second kappa shape index (κ2) is 4.35. The van der Waals surface area contributed by atoms with Gasteiger partial charge in [0.1, 0.15) is 0 Å². The van der Waals surface area contributed by atoms with Gasteiger partial charge in [0.05, 0.1) is 0 Å². The van der Waals surface area contributed by atoms with Crippen molar-refractivity contribution in [2.75, 3.05) is 36.6 Å². The number of nitrogens with zero attached hydrogens (tertiary/aromatic N) is 4. The molecule has 0 radical (unpaired) electrons. The smallest absolute Gasteiger partial charge is 0.231 e. The molecule has 0 unspecified atom stereocenters. The van der Waals surface area contributed by atoms with Crippen molar-refractivity contribution in [2.24, 2.45) is 5.41 Å². The molecule has 0 aliphatic heterocycles. The molecule has 1 aromatic rings. The topological polar surface area (TPSA) is 80.0 Å². The Morgan fingerprint density at radius 1 is 1.29 bits per heavy atom. The van der Waals surface area contributed by atoms with Crippen LogP contribution in [0.2, 0.25) is 0 Å². The number of anilines is 3. The Hall–Kier alpha value is -1.59. The summed E-state index contributed by atoms with van der Waals surface area (Å²) in [6.07, 6.45) is 3.85. The normalized spacial score (nSPS) is 17.4. The highest BCUT2D eigenvalue weighted by Crippen LogP contribution is 2.39. The quantitative estimate of drug-likeness (QED) is 0.815. The highest BCUT2D eigenvalue weighted by Gasteiger charge is 2.31. The van der Waals surface area contributed by atoms with E-state index in [2.05, 4.69) is 27.2 Å². The van der Waals surface area contributed by atoms with Crippen LogP contribution in [-0.4, -0.2) is 35.6 Å². The summed E-state index contributed by atoms with van der Waals surface area (Å²) in [4.78, 5) is 14.3. The minimum Gasteiger partial charge on any atom is -0.368 e. The van der Waals surface area contributed by atoms with Gasteiger partial charge in [0, 0.05) is 20.6 Å². The van der Waals surface area contributed by atoms with Gasteiger partial charge in [-0.15, -0.1) is 0 Å². The molecule has 1 heterocycles. The third-order valence-corrected chi connectivity index (χ3v) is 3.27. The second-order valence-corrected chi connectivity index (χ2v) is 5.23. The van der Waals surface area contributed by atoms with E-state index in [4.69, 9.17) is 5.73 Å². The first-order chi connectivity index (χ1) is 7.98. The summed E-state index contributed by atoms with van der Waals surface area (Å²) in [7, 11) is 3.76. The predicted molar refractivity (Wildman–Crippen MR) is 69.0 cm³/mol. The SMILES string of the molecule is CN(C)c1nc(N)nc(NCC2(C)CCC2)n1. The molecule has 94 valence electrons. The van der Waals surface area contributed by atoms with Crippen molar-refractivity contribution in [3.63, 3.8) is 0 Å². The van der Waals surface area contributed by atoms with Crippen LogP contribution in [0.1, 0.15) is 26.2 Å². The fraction of sp³-hybridized carbons (Fsp3) is 0.727. The Morgan fingerprint density at radius 2 is 2.00 bits per heavy atom. The van der Waals surface area contributed by atoms with Gasteiger partial charge in [0.25, 0.3) is 0 Å². The average Bonchev–Trinajstić information content (AvgIpc) is 2.23. The van der Waals surface area contributed by atoms with Gasteiger partial charge in [-0.05, 0) is 18.3 Å². The molecule has 0 bridgehead atoms. The maximum absolute atomic E-state index is 5.65. The lowest BCUT2D eigenvalue weighted by Crippen LogP contribution is -2.33. The molecule has 2 rings (SSSR count). The highest BCUT2D eigenvalue weighted by atomic mass is 15.3. The van der Waals surface area contributed by atoms with Crippen molar-refractivity contribution >= 4 is 17.8 Å². The summed E-state index contributed by atoms with van der Waals surface area (Å²) < 4.78 is 0. The van der Waals surface area contributed by atoms with Crippen molar-refractivity contribution in [1.82, 2.24) is 15.0 Å². The van der Waals surface area contributed by atoms with Gasteiger partial charge >= 0.3 is 0 Å². The highest BCUT2D eigenvalue weighted by molar-refractivity contribution is 5.40. The number of hydrogen-bond acceptors (Lipinski definition) is 6. The van der Waals surface area contributed by atoms with E-state index in [0.29, 0.717) is 17.3 Å². The van der Waals surface area contributed by atoms with E-state index in [-0.39, 0.29) is 5.95 Å². The summed E-state index contributed by atoms with van der Waals surface area (Å²) in [5, 5.41) is 3.25. The van der Waals surface area contributed by atoms with Gasteiger partial charge in [-0.1, -0.05) is 13.3 Å². The summed E-state index contributed by atoms with van der Waals surface area (Å²) in [5.74, 6) is 1.40. The zero-order valence-corrected chi connectivity index (χ0v) is 10.7. The molecule has 1 saturated carbocycles. The van der Waals surface area contributed by atoms with Crippen LogP contribution in [0.4, 0.5) is 17.8 Å². The zero-order valence-electron chi connectivity index (χ0n) is 10.7. The molecule has 0 spiro atoms. The van der Waals surface area contributed by atoms with Crippen molar-refractivity contribution < 1.29 is 0 Å². The van der Waals surface area contributed by atoms with Crippen LogP contribution < -0.4 is 16.0 Å². The lowest BCUT2D eigenvalue weighted by atomic mass is 9.70. The van der Waals surface area contributed by atoms with Crippen LogP contribution >= 0.6 is 0 Å². The number of nitrogen functional groups attached to an aromatic ring is 1. The fourth-order valence-electron chi connectivity index (χ4n) is 1.91. The first-order valence-electron chi connectivity index (χ1n) is 5.91. The number of rotatable bonds is 4. The van der Waals surface area contributed by atoms with Crippen molar-refractivity contribution in [2.45, 2.75) is 26.2 Å². The molecular weight excluding hydrogens is 216 g/mol. The first kappa shape index (κ1) is 11.9. The van der Waals surface area contributed by atoms with E-state index in [0.717, 1.165) is 6.54 Å². The third kappa shape index (κ3) is 2.75. The Balaban J connectivity index is 2.04. The molecule has 0 aromatic carbocycles. The van der Waals surface area contributed by atoms with Crippen molar-refractivity contribution in [1.29, 1.82) is 0 Å². The van der Waals surface area contributed by atoms with Crippen LogP contribution in [0.5, 0.6) is 0 Å². The summed E-state index contributed by atoms with van der Waals surface area (Å²) in [6.45, 7) is 3.17. The first-order valence-corrected chi connectivity index (χ1v) is 5.91. The summed E-state index contributed by atoms with van der Waals surface area (Å²) >= 11 is 0. The van der Waals surface area contributed by atoms with E-state index in [9.17, 15) is 0 Å². The van der Waals surface area contributed by atoms with E-state index in [1.54, 1.807) is 0 Å². The zero-order chi connectivity index (χ0) is 12.5. The fourth-order valence-corrected chi connectivity index (χ4v) is 1.91. The maximum Gasteiger partial charge on any atom is 0.231 e. The molecule has 17 heavy (non-hydrogen) atoms. The average molecular weight is 236 g/mol. The van der Waals surface area contributed by atoms with E-state index in [1.807, 2.05) is 19.0 Å². The number of nitrogens with two attached hydrogens (primary N) is 1. The Labute approximate surface area is 102 Å². The molecule has 1 aromatic heterocycles. The van der Waals surface area contributed by atoms with Crippen LogP contribution in [0.25, 0.3) is 0 Å². The van der Waals surface area contributed by atoms with Crippen LogP contribution in [-0.2, 0) is 0 Å². The lowest BCUT2D eigenvalue weighted by molar-refractivity contribution is 0.179. The standard InChI is InChI=1S/C11H20N6/c1-11(5-4-6-11)7-13-9-14-8(12)15-10(16-9)17(2)3/h4-7H2,1-3H3,(H3,12,13,14,15,16). The number of nitrogens with one attached hydrogen (secondary N) is 1. The van der Waals surface area contributed by atoms with E-state index in [1.165, 1.54) is 19.3 Å². The maximum atomic E-state index is 5.65. The van der Waals surface area contributed by atoms with Gasteiger partial charge in [0.2, 0.25) is 17.8 Å². The largest absolute Gasteiger partial charge is 0.368 e. The number of hydrogen-bond donors (Lipinski definition) is 2. The molecule has 3 N–H and O–H groups in total. The van der Waals surface area contributed by atoms with E-state index < -0.39 is 0 Å². The second-order valence-electron chi connectivity index (χ2n) is 5.23. The molecule has 0 atom stereocenters.